The third-order valence-corrected chi connectivity index (χ3v) is 21.2. The van der Waals surface area contributed by atoms with Crippen LogP contribution in [0.1, 0.15) is 135 Å². The number of rotatable bonds is 25. The molecule has 38 heteroatoms. The molecule has 4 fully saturated rings. The molecule has 612 valence electrons. The SMILES string of the molecule is CC(=O)O.CC(=O)O.CNC(=O)c1c(-c2ccc(C)cc2)oc2nc(N(CCC[C@H](C)C(=O)N3C(=O)OC[C@@H]3Cc3ccccc3)S(C)(=O)=O)c(C3CC3)cc12.CNC(=O)c1c(-c2ccc(C)cc2)oc2nc(N(CCC[C@H](C)C(=O)N3C(=O)OC[C@@H]3Cc3ccccc3)S(C)(=O)=O)c(I)cc12.O=CO[O-].OB(O)C1CC1.[H-].[Na+].[Na+].[Pd]. The Labute approximate surface area is 740 Å². The molecule has 0 radical (unpaired) electrons. The van der Waals surface area contributed by atoms with Gasteiger partial charge in [0.1, 0.15) is 30.6 Å². The van der Waals surface area contributed by atoms with Gasteiger partial charge in [-0.2, -0.15) is 9.97 Å². The van der Waals surface area contributed by atoms with E-state index in [4.69, 9.17) is 63.2 Å². The van der Waals surface area contributed by atoms with Crippen molar-refractivity contribution in [2.24, 2.45) is 11.8 Å². The number of carbonyl (C=O) groups is 9. The van der Waals surface area contributed by atoms with Crippen molar-refractivity contribution in [1.29, 1.82) is 0 Å². The van der Waals surface area contributed by atoms with E-state index in [1.165, 1.54) is 25.5 Å². The number of halogens is 1. The summed E-state index contributed by atoms with van der Waals surface area (Å²) in [5, 5.41) is 46.1. The number of imide groups is 2. The summed E-state index contributed by atoms with van der Waals surface area (Å²) < 4.78 is 78.4. The number of carboxylic acid groups (broad SMARTS) is 2. The van der Waals surface area contributed by atoms with Crippen LogP contribution in [0.3, 0.4) is 0 Å². The summed E-state index contributed by atoms with van der Waals surface area (Å²) in [6, 6.07) is 37.0. The van der Waals surface area contributed by atoms with E-state index in [1.807, 2.05) is 152 Å². The van der Waals surface area contributed by atoms with Crippen molar-refractivity contribution in [2.45, 2.75) is 130 Å². The molecule has 6 N–H and O–H groups in total. The maximum absolute atomic E-state index is 13.5. The standard InChI is InChI=1S/C36H40N4O7S.C33H35IN4O7S.C3H7BO2.2C2H4O2.CH2O3.2Na.Pd.H/c1-22-12-14-26(15-13-22)31-30(33(41)37-3)29-20-28(25-16-17-25)32(38-34(29)47-31)39(48(4,44)45)18-8-9-23(2)35(42)40-27(21-46-36(40)43)19-24-10-6-5-7-11-24;1-20-12-14-23(15-13-20)28-27(30(39)35-3)25-18-26(34)29(36-31(25)45-28)37(46(4,42)43)16-8-9-21(2)32(40)38-24(19-44-33(38)41)17-22-10-6-5-7-11-22;5-4(6)3-1-2-3;2*1-2(3)4;2-1-4-3;;;;/h5-7,10-15,20,23,25,27H,8-9,16-19,21H2,1-4H3,(H,37,41);5-7,10-15,18,21,24H,8-9,16-17,19H2,1-4H3,(H,35,39);3,5-6H,1-2H2;2*1H3,(H,3,4);1,3H;;;;/q;;;;;;2*+1;;-1/p-1/t23-,27-;21-,24-;;;;;;;;/m00......../s1. The second kappa shape index (κ2) is 46.5. The van der Waals surface area contributed by atoms with Crippen LogP contribution < -0.4 is 83.6 Å². The van der Waals surface area contributed by atoms with Crippen LogP contribution in [0.15, 0.2) is 130 Å². The van der Waals surface area contributed by atoms with Crippen molar-refractivity contribution < 1.29 is 190 Å². The zero-order valence-corrected chi connectivity index (χ0v) is 75.1. The summed E-state index contributed by atoms with van der Waals surface area (Å²) in [5.74, 6) is -2.73. The Kier molecular flexibility index (Phi) is 40.3. The maximum Gasteiger partial charge on any atom is 1.00 e. The van der Waals surface area contributed by atoms with Gasteiger partial charge in [-0.15, -0.1) is 0 Å². The predicted molar refractivity (Wildman–Crippen MR) is 423 cm³/mol. The molecule has 4 atom stereocenters. The molecule has 0 unspecified atom stereocenters. The molecule has 4 aromatic heterocycles. The summed E-state index contributed by atoms with van der Waals surface area (Å²) in [5.41, 5.74) is 7.16. The number of ether oxygens (including phenoxy) is 2. The first-order chi connectivity index (χ1) is 53.0. The molecule has 115 heavy (non-hydrogen) atoms. The fourth-order valence-electron chi connectivity index (χ4n) is 12.2. The van der Waals surface area contributed by atoms with Crippen LogP contribution in [-0.4, -0.2) is 183 Å². The van der Waals surface area contributed by atoms with Gasteiger partial charge in [0.25, 0.3) is 30.2 Å². The number of fused-ring (bicyclic) bond motifs is 2. The minimum absolute atomic E-state index is 0. The number of carboxylic acids is 2. The van der Waals surface area contributed by atoms with Crippen LogP contribution in [0, 0.1) is 29.3 Å². The van der Waals surface area contributed by atoms with Gasteiger partial charge in [-0.3, -0.25) is 42.2 Å². The Morgan fingerprint density at radius 1 is 0.643 bits per heavy atom. The number of aromatic nitrogens is 2. The third-order valence-electron chi connectivity index (χ3n) is 18.1. The van der Waals surface area contributed by atoms with E-state index in [-0.39, 0.29) is 172 Å². The number of benzene rings is 4. The van der Waals surface area contributed by atoms with Crippen molar-refractivity contribution >= 4 is 138 Å². The monoisotopic (exact) mass is 1850 g/mol. The number of nitrogens with zero attached hydrogens (tertiary/aromatic N) is 6. The minimum Gasteiger partial charge on any atom is -1.00 e. The average molecular weight is 1850 g/mol. The van der Waals surface area contributed by atoms with Gasteiger partial charge in [0.05, 0.1) is 50.1 Å². The Balaban J connectivity index is 0.000000480. The normalized spacial score (nSPS) is 15.0. The number of sulfonamides is 2. The van der Waals surface area contributed by atoms with Crippen molar-refractivity contribution in [3.05, 3.63) is 164 Å². The Bertz CT molecular complexity index is 4880. The van der Waals surface area contributed by atoms with Gasteiger partial charge in [-0.05, 0) is 128 Å². The number of aliphatic carboxylic acids is 2. The molecule has 6 heterocycles. The minimum atomic E-state index is -3.80. The molecular weight excluding hydrogens is 1760 g/mol. The molecule has 6 amide bonds. The van der Waals surface area contributed by atoms with E-state index < -0.39 is 75.2 Å². The second-order valence-corrected chi connectivity index (χ2v) is 32.1. The van der Waals surface area contributed by atoms with Crippen LogP contribution in [-0.2, 0) is 91.6 Å². The number of aryl methyl sites for hydroxylation is 2. The van der Waals surface area contributed by atoms with Crippen molar-refractivity contribution in [1.82, 2.24) is 30.4 Å². The third kappa shape index (κ3) is 28.6. The first kappa shape index (κ1) is 99.7. The van der Waals surface area contributed by atoms with Crippen molar-refractivity contribution in [3.63, 3.8) is 0 Å². The molecule has 12 rings (SSSR count). The van der Waals surface area contributed by atoms with Gasteiger partial charge in [0, 0.05) is 84.4 Å². The van der Waals surface area contributed by atoms with Crippen molar-refractivity contribution in [2.75, 3.05) is 61.5 Å². The number of amides is 6. The number of pyridine rings is 2. The second-order valence-electron chi connectivity index (χ2n) is 27.2. The molecular formula is C77H92BIN8Na2O23PdS2. The van der Waals surface area contributed by atoms with E-state index in [0.717, 1.165) is 79.9 Å². The molecule has 31 nitrogen and oxygen atoms in total. The quantitative estimate of drug-likeness (QED) is 0.0156. The van der Waals surface area contributed by atoms with Crippen LogP contribution in [0.25, 0.3) is 44.8 Å². The number of hydrogen-bond donors (Lipinski definition) is 6. The molecule has 4 aliphatic rings. The van der Waals surface area contributed by atoms with E-state index in [9.17, 15) is 45.6 Å². The van der Waals surface area contributed by atoms with Gasteiger partial charge in [-0.1, -0.05) is 147 Å². The van der Waals surface area contributed by atoms with Gasteiger partial charge in [0.15, 0.2) is 5.82 Å². The Hall–Kier alpha value is -7.67. The molecule has 4 aromatic carbocycles. The fraction of sp³-hybridized carbons (Fsp3) is 0.390. The molecule has 2 saturated carbocycles. The number of furan rings is 2. The summed E-state index contributed by atoms with van der Waals surface area (Å²) >= 11 is 2.00. The Morgan fingerprint density at radius 2 is 1.00 bits per heavy atom. The maximum atomic E-state index is 13.5. The van der Waals surface area contributed by atoms with E-state index in [1.54, 1.807) is 27.0 Å². The Morgan fingerprint density at radius 3 is 1.32 bits per heavy atom. The first-order valence-corrected chi connectivity index (χ1v) is 40.5. The van der Waals surface area contributed by atoms with E-state index in [2.05, 4.69) is 20.5 Å². The summed E-state index contributed by atoms with van der Waals surface area (Å²) in [6.07, 6.45) is 6.94. The molecule has 0 bridgehead atoms. The smallest absolute Gasteiger partial charge is 1.00 e. The van der Waals surface area contributed by atoms with Gasteiger partial charge < -0.3 is 60.8 Å². The zero-order valence-electron chi connectivity index (χ0n) is 66.8. The van der Waals surface area contributed by atoms with Crippen LogP contribution in [0.5, 0.6) is 0 Å². The van der Waals surface area contributed by atoms with Crippen LogP contribution in [0.4, 0.5) is 21.2 Å². The molecule has 2 aliphatic heterocycles. The summed E-state index contributed by atoms with van der Waals surface area (Å²) in [7, 11) is -5.56. The van der Waals surface area contributed by atoms with Crippen molar-refractivity contribution in [3.8, 4) is 22.6 Å². The summed E-state index contributed by atoms with van der Waals surface area (Å²) in [6.45, 7) is 9.75. The van der Waals surface area contributed by atoms with Gasteiger partial charge in [0.2, 0.25) is 43.3 Å². The number of carbonyl (C=O) groups excluding carboxylic acids is 7. The molecule has 0 spiro atoms. The van der Waals surface area contributed by atoms with Crippen LogP contribution in [0.2, 0.25) is 5.82 Å². The van der Waals surface area contributed by atoms with E-state index in [0.29, 0.717) is 86.6 Å². The number of anilines is 2. The van der Waals surface area contributed by atoms with Gasteiger partial charge in [-0.25, -0.2) is 36.2 Å². The average Bonchev–Trinajstić information content (AvgIpc) is 1.72. The largest absolute Gasteiger partial charge is 1.00 e. The van der Waals surface area contributed by atoms with Gasteiger partial charge >= 0.3 is 78.4 Å². The molecule has 2 saturated heterocycles. The van der Waals surface area contributed by atoms with E-state index >= 15 is 0 Å². The zero-order chi connectivity index (χ0) is 82.5. The summed E-state index contributed by atoms with van der Waals surface area (Å²) in [4.78, 5) is 119. The fourth-order valence-corrected chi connectivity index (χ4v) is 14.9. The number of hydrogen-bond acceptors (Lipinski definition) is 23. The number of cyclic esters (lactones) is 2. The number of nitrogens with one attached hydrogen (secondary N) is 2. The predicted octanol–water partition coefficient (Wildman–Crippen LogP) is 3.71. The first-order valence-electron chi connectivity index (χ1n) is 35.7. The molecule has 2 aliphatic carbocycles. The topological polar surface area (TPSA) is 443 Å². The van der Waals surface area contributed by atoms with Crippen LogP contribution >= 0.6 is 22.6 Å². The molecule has 8 aromatic rings.